The number of nitrogens with zero attached hydrogens (tertiary/aromatic N) is 3. The van der Waals surface area contributed by atoms with E-state index in [0.29, 0.717) is 72.5 Å². The van der Waals surface area contributed by atoms with Gasteiger partial charge in [-0.15, -0.1) is 0 Å². The number of pyridine rings is 2. The van der Waals surface area contributed by atoms with Crippen LogP contribution in [0.1, 0.15) is 47.6 Å². The lowest BCUT2D eigenvalue weighted by Crippen LogP contribution is -2.49. The number of carbonyl (C=O) groups excluding carboxylic acids is 1. The number of likely N-dealkylation sites (tertiary alicyclic amines) is 1. The standard InChI is InChI=1S/C37H39Cl2N5O5/c1-47-35-21(16-40-17-23-10-14-33(46)41-23)9-12-31(42-35)29-8-4-7-28(34(29)39)25-5-3-6-27-26(25)11-13-32(27)49-37-30(38)15-22(36(43-37)48-2)18-44-19-24(45)20-44/h3-9,12,15,23-24,32,40,45H,10-11,13-14,16-20H2,1-2H3,(H,41,46)/t23-,32-/m0/s1. The van der Waals surface area contributed by atoms with Crippen LogP contribution >= 0.6 is 23.2 Å². The number of aliphatic hydroxyl groups excluding tert-OH is 1. The number of hydrogen-bond acceptors (Lipinski definition) is 9. The van der Waals surface area contributed by atoms with Gasteiger partial charge < -0.3 is 30.0 Å². The number of hydrogen-bond donors (Lipinski definition) is 3. The third kappa shape index (κ3) is 7.07. The van der Waals surface area contributed by atoms with Crippen molar-refractivity contribution in [3.05, 3.63) is 86.9 Å². The number of carbonyl (C=O) groups is 1. The number of fused-ring (bicyclic) bond motifs is 1. The largest absolute Gasteiger partial charge is 0.481 e. The number of methoxy groups -OCH3 is 2. The molecule has 0 unspecified atom stereocenters. The molecule has 2 aromatic heterocycles. The van der Waals surface area contributed by atoms with Crippen LogP contribution in [0.2, 0.25) is 10.0 Å². The van der Waals surface area contributed by atoms with Gasteiger partial charge in [0, 0.05) is 67.4 Å². The van der Waals surface area contributed by atoms with Crippen LogP contribution in [0.15, 0.2) is 54.6 Å². The first-order valence-electron chi connectivity index (χ1n) is 16.6. The van der Waals surface area contributed by atoms with Crippen LogP contribution < -0.4 is 24.8 Å². The molecule has 0 saturated carbocycles. The minimum atomic E-state index is -0.290. The molecule has 0 spiro atoms. The van der Waals surface area contributed by atoms with Gasteiger partial charge in [0.25, 0.3) is 0 Å². The minimum Gasteiger partial charge on any atom is -0.481 e. The van der Waals surface area contributed by atoms with Gasteiger partial charge in [0.15, 0.2) is 0 Å². The van der Waals surface area contributed by atoms with E-state index in [-0.39, 0.29) is 24.2 Å². The van der Waals surface area contributed by atoms with Crippen molar-refractivity contribution in [3.8, 4) is 40.0 Å². The number of aliphatic hydroxyl groups is 1. The first-order valence-corrected chi connectivity index (χ1v) is 17.3. The zero-order chi connectivity index (χ0) is 34.1. The number of nitrogens with one attached hydrogen (secondary N) is 2. The summed E-state index contributed by atoms with van der Waals surface area (Å²) in [6, 6.07) is 18.2. The van der Waals surface area contributed by atoms with Crippen LogP contribution in [0.5, 0.6) is 17.6 Å². The summed E-state index contributed by atoms with van der Waals surface area (Å²) in [7, 11) is 3.20. The molecular formula is C37H39Cl2N5O5. The van der Waals surface area contributed by atoms with E-state index in [1.165, 1.54) is 5.56 Å². The van der Waals surface area contributed by atoms with Gasteiger partial charge in [0.1, 0.15) is 11.1 Å². The van der Waals surface area contributed by atoms with Crippen molar-refractivity contribution < 1.29 is 24.1 Å². The van der Waals surface area contributed by atoms with Gasteiger partial charge >= 0.3 is 0 Å². The van der Waals surface area contributed by atoms with E-state index in [0.717, 1.165) is 52.6 Å². The third-order valence-corrected chi connectivity index (χ3v) is 10.1. The van der Waals surface area contributed by atoms with Gasteiger partial charge in [-0.05, 0) is 48.1 Å². The summed E-state index contributed by atoms with van der Waals surface area (Å²) >= 11 is 13.8. The van der Waals surface area contributed by atoms with Gasteiger partial charge in [0.05, 0.1) is 31.0 Å². The van der Waals surface area contributed by atoms with E-state index >= 15 is 0 Å². The molecule has 4 heterocycles. The van der Waals surface area contributed by atoms with Crippen molar-refractivity contribution >= 4 is 29.1 Å². The Morgan fingerprint density at radius 2 is 1.67 bits per heavy atom. The molecule has 0 bridgehead atoms. The molecule has 49 heavy (non-hydrogen) atoms. The third-order valence-electron chi connectivity index (χ3n) is 9.47. The van der Waals surface area contributed by atoms with Crippen LogP contribution in [-0.4, -0.2) is 71.9 Å². The Hall–Kier alpha value is -3.93. The molecular weight excluding hydrogens is 665 g/mol. The zero-order valence-corrected chi connectivity index (χ0v) is 29.0. The monoisotopic (exact) mass is 703 g/mol. The number of aromatic nitrogens is 2. The fourth-order valence-corrected chi connectivity index (χ4v) is 7.53. The molecule has 1 aliphatic carbocycles. The highest BCUT2D eigenvalue weighted by atomic mass is 35.5. The second-order valence-corrected chi connectivity index (χ2v) is 13.6. The average molecular weight is 705 g/mol. The molecule has 7 rings (SSSR count). The number of benzene rings is 2. The smallest absolute Gasteiger partial charge is 0.236 e. The van der Waals surface area contributed by atoms with E-state index in [4.69, 9.17) is 42.4 Å². The second kappa shape index (κ2) is 14.5. The van der Waals surface area contributed by atoms with Crippen molar-refractivity contribution in [3.63, 3.8) is 0 Å². The van der Waals surface area contributed by atoms with E-state index in [1.807, 2.05) is 42.5 Å². The van der Waals surface area contributed by atoms with Crippen molar-refractivity contribution in [2.75, 3.05) is 33.9 Å². The highest BCUT2D eigenvalue weighted by Gasteiger charge is 2.30. The normalized spacial score (nSPS) is 19.0. The van der Waals surface area contributed by atoms with E-state index in [1.54, 1.807) is 14.2 Å². The summed E-state index contributed by atoms with van der Waals surface area (Å²) in [4.78, 5) is 23.1. The Balaban J connectivity index is 1.10. The van der Waals surface area contributed by atoms with Crippen molar-refractivity contribution in [1.29, 1.82) is 0 Å². The zero-order valence-electron chi connectivity index (χ0n) is 27.5. The predicted molar refractivity (Wildman–Crippen MR) is 188 cm³/mol. The van der Waals surface area contributed by atoms with Crippen molar-refractivity contribution in [1.82, 2.24) is 25.5 Å². The number of rotatable bonds is 12. The topological polar surface area (TPSA) is 118 Å². The predicted octanol–water partition coefficient (Wildman–Crippen LogP) is 5.75. The van der Waals surface area contributed by atoms with Gasteiger partial charge in [-0.1, -0.05) is 65.7 Å². The molecule has 1 amide bonds. The van der Waals surface area contributed by atoms with Crippen LogP contribution in [0.4, 0.5) is 0 Å². The fraction of sp³-hybridized carbons (Fsp3) is 0.378. The number of halogens is 2. The lowest BCUT2D eigenvalue weighted by atomic mass is 9.94. The number of amides is 1. The van der Waals surface area contributed by atoms with Crippen molar-refractivity contribution in [2.24, 2.45) is 0 Å². The molecule has 2 saturated heterocycles. The molecule has 10 nitrogen and oxygen atoms in total. The highest BCUT2D eigenvalue weighted by molar-refractivity contribution is 6.36. The molecule has 256 valence electrons. The summed E-state index contributed by atoms with van der Waals surface area (Å²) in [6.45, 7) is 3.08. The average Bonchev–Trinajstić information content (AvgIpc) is 3.71. The maximum absolute atomic E-state index is 11.5. The fourth-order valence-electron chi connectivity index (χ4n) is 6.98. The first kappa shape index (κ1) is 33.6. The molecule has 2 aromatic carbocycles. The van der Waals surface area contributed by atoms with Crippen LogP contribution in [-0.2, 0) is 24.3 Å². The number of β-amino-alcohol motifs (C(OH)–C–C–N with tert-alkyl or cyclic N) is 1. The maximum atomic E-state index is 11.5. The van der Waals surface area contributed by atoms with Crippen molar-refractivity contribution in [2.45, 2.75) is 57.0 Å². The molecule has 0 radical (unpaired) electrons. The van der Waals surface area contributed by atoms with Gasteiger partial charge in [-0.2, -0.15) is 4.98 Å². The maximum Gasteiger partial charge on any atom is 0.236 e. The van der Waals surface area contributed by atoms with E-state index in [9.17, 15) is 9.90 Å². The Morgan fingerprint density at radius 3 is 2.43 bits per heavy atom. The highest BCUT2D eigenvalue weighted by Crippen LogP contribution is 2.44. The van der Waals surface area contributed by atoms with Gasteiger partial charge in [0.2, 0.25) is 23.5 Å². The Morgan fingerprint density at radius 1 is 0.918 bits per heavy atom. The molecule has 3 N–H and O–H groups in total. The summed E-state index contributed by atoms with van der Waals surface area (Å²) in [6.07, 6.45) is 2.46. The molecule has 4 aromatic rings. The van der Waals surface area contributed by atoms with E-state index < -0.39 is 0 Å². The van der Waals surface area contributed by atoms with Crippen LogP contribution in [0.3, 0.4) is 0 Å². The lowest BCUT2D eigenvalue weighted by molar-refractivity contribution is -0.119. The lowest BCUT2D eigenvalue weighted by Gasteiger charge is -2.35. The minimum absolute atomic E-state index is 0.105. The molecule has 2 atom stereocenters. The summed E-state index contributed by atoms with van der Waals surface area (Å²) in [5.41, 5.74) is 7.51. The first-order chi connectivity index (χ1) is 23.8. The van der Waals surface area contributed by atoms with Gasteiger partial charge in [-0.3, -0.25) is 9.69 Å². The molecule has 2 fully saturated rings. The Bertz CT molecular complexity index is 1870. The Labute approximate surface area is 295 Å². The molecule has 12 heteroatoms. The number of ether oxygens (including phenoxy) is 3. The summed E-state index contributed by atoms with van der Waals surface area (Å²) < 4.78 is 17.7. The quantitative estimate of drug-likeness (QED) is 0.170. The van der Waals surface area contributed by atoms with Crippen LogP contribution in [0.25, 0.3) is 22.4 Å². The van der Waals surface area contributed by atoms with Gasteiger partial charge in [-0.25, -0.2) is 4.98 Å². The SMILES string of the molecule is COc1nc(-c2cccc(-c3cccc4c3CC[C@@H]4Oc3nc(OC)c(CN4CC(O)C4)cc3Cl)c2Cl)ccc1CNC[C@@H]1CCC(=O)N1. The Kier molecular flexibility index (Phi) is 9.94. The summed E-state index contributed by atoms with van der Waals surface area (Å²) in [5.74, 6) is 1.43. The molecule has 3 aliphatic rings. The summed E-state index contributed by atoms with van der Waals surface area (Å²) in [5, 5.41) is 17.1. The molecule has 2 aliphatic heterocycles. The van der Waals surface area contributed by atoms with E-state index in [2.05, 4.69) is 32.7 Å². The second-order valence-electron chi connectivity index (χ2n) is 12.8. The van der Waals surface area contributed by atoms with Crippen LogP contribution in [0, 0.1) is 0 Å².